The summed E-state index contributed by atoms with van der Waals surface area (Å²) < 4.78 is 28.9. The topological polar surface area (TPSA) is 77.2 Å². The Morgan fingerprint density at radius 1 is 1.33 bits per heavy atom. The molecule has 1 aromatic heterocycles. The minimum Gasteiger partial charge on any atom is -0.360 e. The Morgan fingerprint density at radius 2 is 2.05 bits per heavy atom. The van der Waals surface area contributed by atoms with Gasteiger partial charge in [0.1, 0.15) is 0 Å². The highest BCUT2D eigenvalue weighted by atomic mass is 35.5. The molecule has 0 amide bonds. The zero-order valence-electron chi connectivity index (χ0n) is 11.2. The standard InChI is InChI=1S/C14H12ClNO4S/c1-21(18,19)14-9(3-2-4-11(14)15)12(17)10-7-16-20-13(10)8-5-6-8/h2-4,7-8H,5-6H2,1H3. The Kier molecular flexibility index (Phi) is 3.37. The Balaban J connectivity index is 2.14. The monoisotopic (exact) mass is 325 g/mol. The van der Waals surface area contributed by atoms with Gasteiger partial charge in [0, 0.05) is 17.7 Å². The Hall–Kier alpha value is -1.66. The Morgan fingerprint density at radius 3 is 2.67 bits per heavy atom. The summed E-state index contributed by atoms with van der Waals surface area (Å²) in [6.07, 6.45) is 4.26. The first kappa shape index (κ1) is 14.3. The molecule has 0 bridgehead atoms. The van der Waals surface area contributed by atoms with Gasteiger partial charge in [0.25, 0.3) is 0 Å². The quantitative estimate of drug-likeness (QED) is 0.808. The lowest BCUT2D eigenvalue weighted by molar-refractivity contribution is 0.103. The molecule has 0 N–H and O–H groups in total. The number of ketones is 1. The van der Waals surface area contributed by atoms with Crippen LogP contribution in [0.25, 0.3) is 0 Å². The van der Waals surface area contributed by atoms with Gasteiger partial charge in [-0.2, -0.15) is 0 Å². The van der Waals surface area contributed by atoms with E-state index in [2.05, 4.69) is 5.16 Å². The van der Waals surface area contributed by atoms with Crippen LogP contribution in [0.15, 0.2) is 33.8 Å². The molecule has 3 rings (SSSR count). The second-order valence-electron chi connectivity index (χ2n) is 5.10. The lowest BCUT2D eigenvalue weighted by Gasteiger charge is -2.08. The third kappa shape index (κ3) is 2.61. The molecule has 2 aromatic rings. The third-order valence-electron chi connectivity index (χ3n) is 3.37. The second kappa shape index (κ2) is 4.96. The minimum atomic E-state index is -3.62. The van der Waals surface area contributed by atoms with Crippen LogP contribution >= 0.6 is 11.6 Å². The zero-order valence-corrected chi connectivity index (χ0v) is 12.7. The van der Waals surface area contributed by atoms with Crippen molar-refractivity contribution < 1.29 is 17.7 Å². The first-order valence-corrected chi connectivity index (χ1v) is 8.64. The van der Waals surface area contributed by atoms with E-state index >= 15 is 0 Å². The summed E-state index contributed by atoms with van der Waals surface area (Å²) in [6.45, 7) is 0. The molecule has 110 valence electrons. The average molecular weight is 326 g/mol. The van der Waals surface area contributed by atoms with Gasteiger partial charge in [0.05, 0.1) is 21.7 Å². The van der Waals surface area contributed by atoms with Gasteiger partial charge < -0.3 is 4.52 Å². The molecule has 0 saturated heterocycles. The van der Waals surface area contributed by atoms with Gasteiger partial charge in [0.15, 0.2) is 21.4 Å². The normalized spacial score (nSPS) is 15.1. The van der Waals surface area contributed by atoms with Crippen molar-refractivity contribution in [2.75, 3.05) is 6.26 Å². The largest absolute Gasteiger partial charge is 0.360 e. The fraction of sp³-hybridized carbons (Fsp3) is 0.286. The van der Waals surface area contributed by atoms with E-state index in [1.54, 1.807) is 6.07 Å². The minimum absolute atomic E-state index is 0.0350. The summed E-state index contributed by atoms with van der Waals surface area (Å²) in [7, 11) is -3.62. The summed E-state index contributed by atoms with van der Waals surface area (Å²) in [6, 6.07) is 4.45. The van der Waals surface area contributed by atoms with Crippen LogP contribution in [0, 0.1) is 0 Å². The van der Waals surface area contributed by atoms with Crippen LogP contribution in [0.3, 0.4) is 0 Å². The van der Waals surface area contributed by atoms with E-state index in [9.17, 15) is 13.2 Å². The number of aromatic nitrogens is 1. The molecule has 1 heterocycles. The number of hydrogen-bond acceptors (Lipinski definition) is 5. The van der Waals surface area contributed by atoms with Crippen LogP contribution < -0.4 is 0 Å². The van der Waals surface area contributed by atoms with Crippen molar-refractivity contribution in [1.29, 1.82) is 0 Å². The van der Waals surface area contributed by atoms with E-state index in [0.29, 0.717) is 11.3 Å². The molecule has 1 aliphatic rings. The molecule has 0 aliphatic heterocycles. The van der Waals surface area contributed by atoms with Crippen LogP contribution in [0.2, 0.25) is 5.02 Å². The highest BCUT2D eigenvalue weighted by Crippen LogP contribution is 2.42. The predicted molar refractivity (Wildman–Crippen MR) is 76.5 cm³/mol. The summed E-state index contributed by atoms with van der Waals surface area (Å²) in [4.78, 5) is 12.5. The highest BCUT2D eigenvalue weighted by Gasteiger charge is 2.34. The van der Waals surface area contributed by atoms with Gasteiger partial charge in [0.2, 0.25) is 0 Å². The highest BCUT2D eigenvalue weighted by molar-refractivity contribution is 7.91. The van der Waals surface area contributed by atoms with Crippen LogP contribution in [-0.2, 0) is 9.84 Å². The molecule has 21 heavy (non-hydrogen) atoms. The molecule has 1 aliphatic carbocycles. The maximum Gasteiger partial charge on any atom is 0.199 e. The molecule has 5 nitrogen and oxygen atoms in total. The average Bonchev–Trinajstić information content (AvgIpc) is 3.13. The van der Waals surface area contributed by atoms with E-state index < -0.39 is 15.6 Å². The molecule has 1 saturated carbocycles. The summed E-state index contributed by atoms with van der Waals surface area (Å²) in [5.41, 5.74) is 0.361. The maximum atomic E-state index is 12.7. The molecule has 1 aromatic carbocycles. The lowest BCUT2D eigenvalue weighted by atomic mass is 10.0. The Bertz CT molecular complexity index is 821. The molecular weight excluding hydrogens is 314 g/mol. The number of carbonyl (C=O) groups excluding carboxylic acids is 1. The molecule has 1 fully saturated rings. The third-order valence-corrected chi connectivity index (χ3v) is 4.98. The molecule has 0 radical (unpaired) electrons. The summed E-state index contributed by atoms with van der Waals surface area (Å²) >= 11 is 5.96. The van der Waals surface area contributed by atoms with Crippen LogP contribution in [0.1, 0.15) is 40.4 Å². The summed E-state index contributed by atoms with van der Waals surface area (Å²) in [5.74, 6) is 0.299. The first-order chi connectivity index (χ1) is 9.89. The number of sulfone groups is 1. The molecular formula is C14H12ClNO4S. The van der Waals surface area contributed by atoms with Crippen molar-refractivity contribution in [1.82, 2.24) is 5.16 Å². The van der Waals surface area contributed by atoms with Crippen molar-refractivity contribution >= 4 is 27.2 Å². The smallest absolute Gasteiger partial charge is 0.199 e. The SMILES string of the molecule is CS(=O)(=O)c1c(Cl)cccc1C(=O)c1cnoc1C1CC1. The zero-order chi connectivity index (χ0) is 15.2. The number of hydrogen-bond donors (Lipinski definition) is 0. The van der Waals surface area contributed by atoms with Gasteiger partial charge in [-0.25, -0.2) is 8.42 Å². The lowest BCUT2D eigenvalue weighted by Crippen LogP contribution is -2.10. The number of benzene rings is 1. The number of nitrogens with zero attached hydrogens (tertiary/aromatic N) is 1. The number of carbonyl (C=O) groups is 1. The van der Waals surface area contributed by atoms with Crippen LogP contribution in [0.5, 0.6) is 0 Å². The molecule has 0 unspecified atom stereocenters. The van der Waals surface area contributed by atoms with Gasteiger partial charge >= 0.3 is 0 Å². The van der Waals surface area contributed by atoms with E-state index in [4.69, 9.17) is 16.1 Å². The van der Waals surface area contributed by atoms with E-state index in [1.165, 1.54) is 18.3 Å². The molecule has 0 spiro atoms. The second-order valence-corrected chi connectivity index (χ2v) is 7.46. The number of halogens is 1. The fourth-order valence-electron chi connectivity index (χ4n) is 2.27. The van der Waals surface area contributed by atoms with Gasteiger partial charge in [-0.05, 0) is 25.0 Å². The van der Waals surface area contributed by atoms with E-state index in [1.807, 2.05) is 0 Å². The van der Waals surface area contributed by atoms with Crippen molar-refractivity contribution in [3.63, 3.8) is 0 Å². The maximum absolute atomic E-state index is 12.7. The Labute approximate surface area is 126 Å². The summed E-state index contributed by atoms with van der Waals surface area (Å²) in [5, 5.41) is 3.70. The van der Waals surface area contributed by atoms with Gasteiger partial charge in [-0.1, -0.05) is 22.8 Å². The van der Waals surface area contributed by atoms with Crippen molar-refractivity contribution in [3.05, 3.63) is 46.3 Å². The van der Waals surface area contributed by atoms with Crippen molar-refractivity contribution in [2.45, 2.75) is 23.7 Å². The van der Waals surface area contributed by atoms with Gasteiger partial charge in [-0.3, -0.25) is 4.79 Å². The van der Waals surface area contributed by atoms with Crippen LogP contribution in [-0.4, -0.2) is 25.6 Å². The van der Waals surface area contributed by atoms with Crippen LogP contribution in [0.4, 0.5) is 0 Å². The fourth-order valence-corrected chi connectivity index (χ4v) is 3.85. The van der Waals surface area contributed by atoms with Gasteiger partial charge in [-0.15, -0.1) is 0 Å². The van der Waals surface area contributed by atoms with E-state index in [-0.39, 0.29) is 21.4 Å². The van der Waals surface area contributed by atoms with Crippen molar-refractivity contribution in [3.8, 4) is 0 Å². The molecule has 7 heteroatoms. The van der Waals surface area contributed by atoms with Crippen molar-refractivity contribution in [2.24, 2.45) is 0 Å². The van der Waals surface area contributed by atoms with E-state index in [0.717, 1.165) is 19.1 Å². The predicted octanol–water partition coefficient (Wildman–Crippen LogP) is 2.84. The molecule has 0 atom stereocenters. The number of rotatable bonds is 4. The first-order valence-electron chi connectivity index (χ1n) is 6.37.